The standard InChI is InChI=1S/C16H19N5O4/c1-19(13-5-7-15(18-11-13)21(23)24)8-9-20(2)14-6-4-12(10-17-14)16(22)25-3/h4-7,10-11H,8-9H2,1-3H3. The van der Waals surface area contributed by atoms with Crippen molar-refractivity contribution in [3.05, 3.63) is 52.3 Å². The zero-order chi connectivity index (χ0) is 18.4. The third-order valence-corrected chi connectivity index (χ3v) is 3.69. The van der Waals surface area contributed by atoms with Crippen LogP contribution in [0.1, 0.15) is 10.4 Å². The van der Waals surface area contributed by atoms with Crippen molar-refractivity contribution in [1.29, 1.82) is 0 Å². The second-order valence-corrected chi connectivity index (χ2v) is 5.37. The van der Waals surface area contributed by atoms with Crippen molar-refractivity contribution in [2.24, 2.45) is 0 Å². The van der Waals surface area contributed by atoms with E-state index in [0.29, 0.717) is 18.7 Å². The van der Waals surface area contributed by atoms with Crippen LogP contribution >= 0.6 is 0 Å². The predicted octanol–water partition coefficient (Wildman–Crippen LogP) is 1.74. The smallest absolute Gasteiger partial charge is 0.363 e. The minimum Gasteiger partial charge on any atom is -0.465 e. The molecule has 0 amide bonds. The van der Waals surface area contributed by atoms with Gasteiger partial charge in [-0.3, -0.25) is 0 Å². The molecule has 0 atom stereocenters. The van der Waals surface area contributed by atoms with E-state index >= 15 is 0 Å². The van der Waals surface area contributed by atoms with Gasteiger partial charge in [-0.25, -0.2) is 9.78 Å². The molecule has 2 rings (SSSR count). The predicted molar refractivity (Wildman–Crippen MR) is 93.0 cm³/mol. The van der Waals surface area contributed by atoms with Gasteiger partial charge in [0.25, 0.3) is 0 Å². The van der Waals surface area contributed by atoms with Crippen LogP contribution in [0.5, 0.6) is 0 Å². The van der Waals surface area contributed by atoms with E-state index in [0.717, 1.165) is 11.5 Å². The topological polar surface area (TPSA) is 102 Å². The van der Waals surface area contributed by atoms with Crippen LogP contribution in [0.25, 0.3) is 0 Å². The van der Waals surface area contributed by atoms with Gasteiger partial charge in [-0.2, -0.15) is 0 Å². The first-order chi connectivity index (χ1) is 11.9. The highest BCUT2D eigenvalue weighted by molar-refractivity contribution is 5.89. The van der Waals surface area contributed by atoms with Gasteiger partial charge in [0.15, 0.2) is 6.20 Å². The molecule has 0 unspecified atom stereocenters. The Bertz CT molecular complexity index is 733. The fourth-order valence-electron chi connectivity index (χ4n) is 2.11. The quantitative estimate of drug-likeness (QED) is 0.425. The highest BCUT2D eigenvalue weighted by atomic mass is 16.6. The third-order valence-electron chi connectivity index (χ3n) is 3.69. The molecule has 132 valence electrons. The number of rotatable bonds is 7. The first kappa shape index (κ1) is 18.1. The van der Waals surface area contributed by atoms with E-state index in [1.807, 2.05) is 23.9 Å². The number of esters is 1. The average molecular weight is 345 g/mol. The fourth-order valence-corrected chi connectivity index (χ4v) is 2.11. The van der Waals surface area contributed by atoms with Crippen molar-refractivity contribution in [1.82, 2.24) is 9.97 Å². The van der Waals surface area contributed by atoms with Crippen LogP contribution in [0.4, 0.5) is 17.3 Å². The normalized spacial score (nSPS) is 10.2. The second kappa shape index (κ2) is 8.04. The highest BCUT2D eigenvalue weighted by Gasteiger charge is 2.11. The van der Waals surface area contributed by atoms with Crippen molar-refractivity contribution in [3.63, 3.8) is 0 Å². The number of aromatic nitrogens is 2. The Morgan fingerprint density at radius 1 is 1.12 bits per heavy atom. The van der Waals surface area contributed by atoms with Gasteiger partial charge in [0.2, 0.25) is 0 Å². The Morgan fingerprint density at radius 2 is 1.84 bits per heavy atom. The van der Waals surface area contributed by atoms with Crippen molar-refractivity contribution < 1.29 is 14.5 Å². The van der Waals surface area contributed by atoms with Crippen molar-refractivity contribution in [2.45, 2.75) is 0 Å². The number of ether oxygens (including phenoxy) is 1. The van der Waals surface area contributed by atoms with Crippen LogP contribution < -0.4 is 9.80 Å². The molecule has 9 heteroatoms. The molecule has 0 aliphatic carbocycles. The van der Waals surface area contributed by atoms with Crippen LogP contribution in [0.2, 0.25) is 0 Å². The molecule has 0 aromatic carbocycles. The molecule has 0 radical (unpaired) electrons. The number of methoxy groups -OCH3 is 1. The van der Waals surface area contributed by atoms with E-state index < -0.39 is 10.9 Å². The molecule has 2 aromatic heterocycles. The molecule has 0 aliphatic rings. The molecule has 0 N–H and O–H groups in total. The number of carbonyl (C=O) groups excluding carboxylic acids is 1. The van der Waals surface area contributed by atoms with Gasteiger partial charge in [-0.15, -0.1) is 0 Å². The van der Waals surface area contributed by atoms with E-state index in [4.69, 9.17) is 0 Å². The number of anilines is 2. The lowest BCUT2D eigenvalue weighted by Gasteiger charge is -2.23. The van der Waals surface area contributed by atoms with Crippen molar-refractivity contribution in [3.8, 4) is 0 Å². The van der Waals surface area contributed by atoms with E-state index in [1.54, 1.807) is 18.2 Å². The van der Waals surface area contributed by atoms with Gasteiger partial charge in [-0.1, -0.05) is 0 Å². The summed E-state index contributed by atoms with van der Waals surface area (Å²) in [6.45, 7) is 1.33. The zero-order valence-corrected chi connectivity index (χ0v) is 14.2. The Morgan fingerprint density at radius 3 is 2.36 bits per heavy atom. The number of likely N-dealkylation sites (N-methyl/N-ethyl adjacent to an activating group) is 2. The molecular weight excluding hydrogens is 326 g/mol. The zero-order valence-electron chi connectivity index (χ0n) is 14.2. The number of hydrogen-bond donors (Lipinski definition) is 0. The Balaban J connectivity index is 1.93. The molecule has 9 nitrogen and oxygen atoms in total. The van der Waals surface area contributed by atoms with Crippen molar-refractivity contribution >= 4 is 23.3 Å². The lowest BCUT2D eigenvalue weighted by Crippen LogP contribution is -2.31. The summed E-state index contributed by atoms with van der Waals surface area (Å²) in [4.78, 5) is 33.4. The lowest BCUT2D eigenvalue weighted by atomic mass is 10.3. The van der Waals surface area contributed by atoms with Crippen LogP contribution in [0.15, 0.2) is 36.7 Å². The molecule has 2 heterocycles. The third kappa shape index (κ3) is 4.63. The summed E-state index contributed by atoms with van der Waals surface area (Å²) in [5.41, 5.74) is 1.18. The summed E-state index contributed by atoms with van der Waals surface area (Å²) in [7, 11) is 5.10. The lowest BCUT2D eigenvalue weighted by molar-refractivity contribution is -0.389. The van der Waals surface area contributed by atoms with Gasteiger partial charge in [-0.05, 0) is 28.1 Å². The molecule has 0 fully saturated rings. The first-order valence-corrected chi connectivity index (χ1v) is 7.49. The maximum Gasteiger partial charge on any atom is 0.363 e. The monoisotopic (exact) mass is 345 g/mol. The van der Waals surface area contributed by atoms with Crippen LogP contribution in [-0.4, -0.2) is 55.2 Å². The van der Waals surface area contributed by atoms with E-state index in [2.05, 4.69) is 14.7 Å². The summed E-state index contributed by atoms with van der Waals surface area (Å²) < 4.78 is 4.64. The van der Waals surface area contributed by atoms with Gasteiger partial charge >= 0.3 is 11.8 Å². The summed E-state index contributed by atoms with van der Waals surface area (Å²) in [5, 5.41) is 10.6. The minimum absolute atomic E-state index is 0.177. The molecule has 0 saturated heterocycles. The van der Waals surface area contributed by atoms with Gasteiger partial charge in [0, 0.05) is 39.4 Å². The van der Waals surface area contributed by atoms with E-state index in [-0.39, 0.29) is 5.82 Å². The maximum absolute atomic E-state index is 11.4. The molecule has 0 saturated carbocycles. The molecule has 2 aromatic rings. The summed E-state index contributed by atoms with van der Waals surface area (Å²) in [5.74, 6) is 0.124. The second-order valence-electron chi connectivity index (χ2n) is 5.37. The van der Waals surface area contributed by atoms with Crippen molar-refractivity contribution in [2.75, 3.05) is 44.1 Å². The Hall–Kier alpha value is -3.23. The molecule has 0 aliphatic heterocycles. The van der Waals surface area contributed by atoms with Crippen LogP contribution in [0, 0.1) is 10.1 Å². The fraction of sp³-hybridized carbons (Fsp3) is 0.312. The number of nitrogens with zero attached hydrogens (tertiary/aromatic N) is 5. The number of nitro groups is 1. The number of carbonyl (C=O) groups is 1. The molecule has 0 spiro atoms. The molecule has 0 bridgehead atoms. The first-order valence-electron chi connectivity index (χ1n) is 7.49. The largest absolute Gasteiger partial charge is 0.465 e. The Kier molecular flexibility index (Phi) is 5.83. The molecular formula is C16H19N5O4. The van der Waals surface area contributed by atoms with Gasteiger partial charge in [0.05, 0.1) is 18.4 Å². The summed E-state index contributed by atoms with van der Waals surface area (Å²) in [6, 6.07) is 6.45. The highest BCUT2D eigenvalue weighted by Crippen LogP contribution is 2.15. The van der Waals surface area contributed by atoms with Gasteiger partial charge in [0.1, 0.15) is 5.82 Å². The summed E-state index contributed by atoms with van der Waals surface area (Å²) in [6.07, 6.45) is 2.95. The van der Waals surface area contributed by atoms with Gasteiger partial charge < -0.3 is 24.7 Å². The van der Waals surface area contributed by atoms with Crippen LogP contribution in [-0.2, 0) is 4.74 Å². The maximum atomic E-state index is 11.4. The SMILES string of the molecule is COC(=O)c1ccc(N(C)CCN(C)c2ccc([N+](=O)[O-])nc2)nc1. The van der Waals surface area contributed by atoms with E-state index in [9.17, 15) is 14.9 Å². The Labute approximate surface area is 145 Å². The average Bonchev–Trinajstić information content (AvgIpc) is 2.65. The molecule has 25 heavy (non-hydrogen) atoms. The number of hydrogen-bond acceptors (Lipinski definition) is 8. The van der Waals surface area contributed by atoms with Crippen LogP contribution in [0.3, 0.4) is 0 Å². The minimum atomic E-state index is -0.527. The summed E-state index contributed by atoms with van der Waals surface area (Å²) >= 11 is 0. The number of pyridine rings is 2. The van der Waals surface area contributed by atoms with E-state index in [1.165, 1.54) is 25.6 Å².